The Morgan fingerprint density at radius 1 is 1.03 bits per heavy atom. The van der Waals surface area contributed by atoms with Gasteiger partial charge in [0.1, 0.15) is 12.7 Å². The van der Waals surface area contributed by atoms with Crippen molar-refractivity contribution in [2.75, 3.05) is 11.4 Å². The fraction of sp³-hybridized carbons (Fsp3) is 0.0870. The second kappa shape index (κ2) is 8.39. The highest BCUT2D eigenvalue weighted by Crippen LogP contribution is 2.34. The lowest BCUT2D eigenvalue weighted by molar-refractivity contribution is -0.117. The van der Waals surface area contributed by atoms with Gasteiger partial charge in [0, 0.05) is 16.1 Å². The van der Waals surface area contributed by atoms with Crippen molar-refractivity contribution in [3.63, 3.8) is 0 Å². The number of fused-ring (bicyclic) bond motifs is 1. The molecule has 7 heteroatoms. The number of benzodiazepines with no additional fused rings is 1. The van der Waals surface area contributed by atoms with Gasteiger partial charge in [-0.05, 0) is 23.8 Å². The van der Waals surface area contributed by atoms with Crippen LogP contribution in [0.1, 0.15) is 22.9 Å². The molecule has 0 saturated carbocycles. The topological polar surface area (TPSA) is 82.0 Å². The number of rotatable bonds is 4. The van der Waals surface area contributed by atoms with E-state index in [1.54, 1.807) is 42.5 Å². The molecule has 3 aromatic carbocycles. The van der Waals surface area contributed by atoms with Gasteiger partial charge in [0.15, 0.2) is 0 Å². The van der Waals surface area contributed by atoms with Crippen LogP contribution in [0.2, 0.25) is 5.02 Å². The van der Waals surface area contributed by atoms with Crippen LogP contribution >= 0.6 is 11.6 Å². The van der Waals surface area contributed by atoms with Crippen molar-refractivity contribution in [2.24, 2.45) is 4.99 Å². The van der Waals surface area contributed by atoms with Crippen LogP contribution in [0.3, 0.4) is 0 Å². The highest BCUT2D eigenvalue weighted by molar-refractivity contribution is 6.32. The second-order valence-corrected chi connectivity index (χ2v) is 7.16. The van der Waals surface area contributed by atoms with E-state index in [0.29, 0.717) is 27.5 Å². The van der Waals surface area contributed by atoms with Gasteiger partial charge < -0.3 is 5.11 Å². The van der Waals surface area contributed by atoms with E-state index in [0.717, 1.165) is 5.56 Å². The minimum absolute atomic E-state index is 0.124. The van der Waals surface area contributed by atoms with E-state index in [-0.39, 0.29) is 12.5 Å². The molecule has 0 spiro atoms. The van der Waals surface area contributed by atoms with E-state index in [1.807, 2.05) is 36.4 Å². The molecular weight excluding hydrogens is 402 g/mol. The van der Waals surface area contributed by atoms with Crippen LogP contribution in [0.5, 0.6) is 0 Å². The molecule has 150 valence electrons. The Hall–Kier alpha value is -3.64. The highest BCUT2D eigenvalue weighted by Gasteiger charge is 2.32. The van der Waals surface area contributed by atoms with Gasteiger partial charge in [-0.25, -0.2) is 4.79 Å². The second-order valence-electron chi connectivity index (χ2n) is 6.72. The zero-order chi connectivity index (χ0) is 21.1. The molecule has 4 rings (SSSR count). The summed E-state index contributed by atoms with van der Waals surface area (Å²) >= 11 is 6.28. The van der Waals surface area contributed by atoms with Gasteiger partial charge in [0.25, 0.3) is 5.91 Å². The van der Waals surface area contributed by atoms with E-state index < -0.39 is 12.3 Å². The first kappa shape index (κ1) is 19.7. The minimum atomic E-state index is -1.24. The predicted molar refractivity (Wildman–Crippen MR) is 116 cm³/mol. The smallest absolute Gasteiger partial charge is 0.406 e. The molecule has 0 fully saturated rings. The summed E-state index contributed by atoms with van der Waals surface area (Å²) in [5, 5.41) is 12.4. The lowest BCUT2D eigenvalue weighted by atomic mass is 9.99. The summed E-state index contributed by atoms with van der Waals surface area (Å²) < 4.78 is 0. The Bertz CT molecular complexity index is 1120. The van der Waals surface area contributed by atoms with E-state index in [1.165, 1.54) is 4.90 Å². The fourth-order valence-electron chi connectivity index (χ4n) is 3.53. The molecule has 1 unspecified atom stereocenters. The van der Waals surface area contributed by atoms with E-state index in [9.17, 15) is 14.7 Å². The number of carbonyl (C=O) groups is 2. The predicted octanol–water partition coefficient (Wildman–Crippen LogP) is 4.49. The van der Waals surface area contributed by atoms with Gasteiger partial charge in [-0.15, -0.1) is 0 Å². The van der Waals surface area contributed by atoms with Gasteiger partial charge in [0.2, 0.25) is 0 Å². The van der Waals surface area contributed by atoms with Crippen LogP contribution in [0.25, 0.3) is 0 Å². The number of carboxylic acid groups (broad SMARTS) is 1. The maximum absolute atomic E-state index is 13.2. The Kier molecular flexibility index (Phi) is 5.50. The first-order valence-corrected chi connectivity index (χ1v) is 9.68. The van der Waals surface area contributed by atoms with Crippen LogP contribution in [0, 0.1) is 0 Å². The first-order valence-electron chi connectivity index (χ1n) is 9.31. The average Bonchev–Trinajstić information content (AvgIpc) is 2.89. The molecule has 0 aliphatic carbocycles. The highest BCUT2D eigenvalue weighted by atomic mass is 35.5. The molecule has 3 aromatic rings. The molecule has 0 radical (unpaired) electrons. The van der Waals surface area contributed by atoms with E-state index in [4.69, 9.17) is 11.6 Å². The van der Waals surface area contributed by atoms with Crippen molar-refractivity contribution in [3.05, 3.63) is 101 Å². The van der Waals surface area contributed by atoms with Crippen LogP contribution in [-0.4, -0.2) is 29.4 Å². The summed E-state index contributed by atoms with van der Waals surface area (Å²) in [6.07, 6.45) is -2.15. The maximum atomic E-state index is 13.2. The summed E-state index contributed by atoms with van der Waals surface area (Å²) in [6, 6.07) is 23.6. The maximum Gasteiger partial charge on any atom is 0.406 e. The van der Waals surface area contributed by atoms with Crippen molar-refractivity contribution < 1.29 is 14.7 Å². The molecule has 1 atom stereocenters. The van der Waals surface area contributed by atoms with Crippen molar-refractivity contribution in [1.82, 2.24) is 5.32 Å². The Morgan fingerprint density at radius 3 is 2.37 bits per heavy atom. The summed E-state index contributed by atoms with van der Waals surface area (Å²) in [5.74, 6) is -0.327. The molecule has 0 aromatic heterocycles. The molecule has 1 aliphatic heterocycles. The first-order chi connectivity index (χ1) is 14.5. The SMILES string of the molecule is O=C(O)NC(c1ccccc1)N1C(=O)CN=C(c2ccccc2)c2cc(Cl)ccc21. The molecule has 0 bridgehead atoms. The molecule has 0 saturated heterocycles. The third kappa shape index (κ3) is 3.90. The number of aliphatic imine (C=N–C) groups is 1. The molecule has 2 amide bonds. The average molecular weight is 420 g/mol. The lowest BCUT2D eigenvalue weighted by Gasteiger charge is -2.32. The Labute approximate surface area is 178 Å². The molecule has 6 nitrogen and oxygen atoms in total. The largest absolute Gasteiger partial charge is 0.465 e. The van der Waals surface area contributed by atoms with Gasteiger partial charge in [-0.2, -0.15) is 0 Å². The molecular formula is C23H18ClN3O3. The summed E-state index contributed by atoms with van der Waals surface area (Å²) in [7, 11) is 0. The number of benzene rings is 3. The van der Waals surface area contributed by atoms with Gasteiger partial charge in [0.05, 0.1) is 11.4 Å². The lowest BCUT2D eigenvalue weighted by Crippen LogP contribution is -2.45. The van der Waals surface area contributed by atoms with Crippen molar-refractivity contribution in [1.29, 1.82) is 0 Å². The Morgan fingerprint density at radius 2 is 1.70 bits per heavy atom. The number of nitrogens with one attached hydrogen (secondary N) is 1. The van der Waals surface area contributed by atoms with E-state index >= 15 is 0 Å². The fourth-order valence-corrected chi connectivity index (χ4v) is 3.70. The van der Waals surface area contributed by atoms with Crippen LogP contribution in [0.4, 0.5) is 10.5 Å². The summed E-state index contributed by atoms with van der Waals surface area (Å²) in [6.45, 7) is -0.124. The van der Waals surface area contributed by atoms with Crippen molar-refractivity contribution in [2.45, 2.75) is 6.17 Å². The third-order valence-electron chi connectivity index (χ3n) is 4.80. The number of amides is 2. The number of halogens is 1. The summed E-state index contributed by atoms with van der Waals surface area (Å²) in [4.78, 5) is 30.8. The number of anilines is 1. The number of hydrogen-bond donors (Lipinski definition) is 2. The van der Waals surface area contributed by atoms with Gasteiger partial charge in [-0.1, -0.05) is 72.3 Å². The van der Waals surface area contributed by atoms with Crippen LogP contribution < -0.4 is 10.2 Å². The Balaban J connectivity index is 1.90. The number of hydrogen-bond acceptors (Lipinski definition) is 3. The third-order valence-corrected chi connectivity index (χ3v) is 5.03. The van der Waals surface area contributed by atoms with Crippen LogP contribution in [-0.2, 0) is 4.79 Å². The molecule has 1 aliphatic rings. The molecule has 30 heavy (non-hydrogen) atoms. The number of nitrogens with zero attached hydrogens (tertiary/aromatic N) is 2. The van der Waals surface area contributed by atoms with Crippen LogP contribution in [0.15, 0.2) is 83.9 Å². The zero-order valence-corrected chi connectivity index (χ0v) is 16.6. The van der Waals surface area contributed by atoms with Crippen molar-refractivity contribution >= 4 is 35.0 Å². The van der Waals surface area contributed by atoms with E-state index in [2.05, 4.69) is 10.3 Å². The minimum Gasteiger partial charge on any atom is -0.465 e. The monoisotopic (exact) mass is 419 g/mol. The summed E-state index contributed by atoms with van der Waals surface area (Å²) in [5.41, 5.74) is 3.31. The number of carbonyl (C=O) groups excluding carboxylic acids is 1. The zero-order valence-electron chi connectivity index (χ0n) is 15.8. The van der Waals surface area contributed by atoms with Crippen molar-refractivity contribution in [3.8, 4) is 0 Å². The standard InChI is InChI=1S/C23H18ClN3O3/c24-17-11-12-19-18(13-17)21(15-7-3-1-4-8-15)25-14-20(28)27(19)22(26-23(29)30)16-9-5-2-6-10-16/h1-13,22,26H,14H2,(H,29,30). The normalized spacial score (nSPS) is 14.4. The van der Waals surface area contributed by atoms with Gasteiger partial charge in [-0.3, -0.25) is 20.0 Å². The molecule has 2 N–H and O–H groups in total. The quantitative estimate of drug-likeness (QED) is 0.653. The molecule has 1 heterocycles. The van der Waals surface area contributed by atoms with Gasteiger partial charge >= 0.3 is 6.09 Å².